The monoisotopic (exact) mass is 478 g/mol. The molecule has 0 aliphatic heterocycles. The number of carbonyl (C=O) groups excluding carboxylic acids is 1. The van der Waals surface area contributed by atoms with Crippen LogP contribution in [0.4, 0.5) is 18.9 Å². The van der Waals surface area contributed by atoms with Crippen molar-refractivity contribution in [1.29, 1.82) is 0 Å². The van der Waals surface area contributed by atoms with Crippen LogP contribution in [0.2, 0.25) is 5.02 Å². The SMILES string of the molecule is Cc1cc(C)cc(OCCNC(=O)CN(c2cc(C(F)(F)F)ccc2Cl)S(C)(=O)=O)c1. The van der Waals surface area contributed by atoms with Gasteiger partial charge in [0.2, 0.25) is 15.9 Å². The van der Waals surface area contributed by atoms with E-state index < -0.39 is 39.9 Å². The zero-order valence-electron chi connectivity index (χ0n) is 17.1. The van der Waals surface area contributed by atoms with Gasteiger partial charge in [0, 0.05) is 0 Å². The first-order valence-corrected chi connectivity index (χ1v) is 11.3. The minimum absolute atomic E-state index is 0.0692. The van der Waals surface area contributed by atoms with Gasteiger partial charge in [-0.1, -0.05) is 17.7 Å². The molecule has 0 radical (unpaired) electrons. The van der Waals surface area contributed by atoms with Gasteiger partial charge in [-0.2, -0.15) is 13.2 Å². The number of alkyl halides is 3. The number of hydrogen-bond donors (Lipinski definition) is 1. The molecule has 11 heteroatoms. The average Bonchev–Trinajstić information content (AvgIpc) is 2.61. The number of nitrogens with one attached hydrogen (secondary N) is 1. The van der Waals surface area contributed by atoms with Crippen molar-refractivity contribution in [2.45, 2.75) is 20.0 Å². The van der Waals surface area contributed by atoms with Gasteiger partial charge < -0.3 is 10.1 Å². The van der Waals surface area contributed by atoms with Crippen LogP contribution < -0.4 is 14.4 Å². The molecule has 31 heavy (non-hydrogen) atoms. The number of ether oxygens (including phenoxy) is 1. The molecule has 0 heterocycles. The van der Waals surface area contributed by atoms with Crippen LogP contribution in [0.3, 0.4) is 0 Å². The molecule has 0 saturated carbocycles. The highest BCUT2D eigenvalue weighted by Gasteiger charge is 2.33. The summed E-state index contributed by atoms with van der Waals surface area (Å²) in [7, 11) is -4.09. The number of hydrogen-bond acceptors (Lipinski definition) is 4. The van der Waals surface area contributed by atoms with Gasteiger partial charge in [0.05, 0.1) is 29.1 Å². The Morgan fingerprint density at radius 3 is 2.29 bits per heavy atom. The Balaban J connectivity index is 2.06. The third-order valence-corrected chi connectivity index (χ3v) is 5.56. The van der Waals surface area contributed by atoms with Gasteiger partial charge >= 0.3 is 6.18 Å². The number of aryl methyl sites for hydroxylation is 2. The molecular formula is C20H22ClF3N2O4S. The molecule has 1 amide bonds. The van der Waals surface area contributed by atoms with E-state index in [1.165, 1.54) is 0 Å². The topological polar surface area (TPSA) is 75.7 Å². The van der Waals surface area contributed by atoms with Crippen molar-refractivity contribution in [3.8, 4) is 5.75 Å². The minimum Gasteiger partial charge on any atom is -0.492 e. The fraction of sp³-hybridized carbons (Fsp3) is 0.350. The summed E-state index contributed by atoms with van der Waals surface area (Å²) in [5.41, 5.74) is 0.519. The Morgan fingerprint density at radius 2 is 1.74 bits per heavy atom. The number of rotatable bonds is 8. The van der Waals surface area contributed by atoms with Crippen molar-refractivity contribution in [2.24, 2.45) is 0 Å². The quantitative estimate of drug-likeness (QED) is 0.583. The van der Waals surface area contributed by atoms with E-state index in [2.05, 4.69) is 5.32 Å². The number of benzene rings is 2. The zero-order valence-corrected chi connectivity index (χ0v) is 18.7. The van der Waals surface area contributed by atoms with Gasteiger partial charge in [-0.05, 0) is 55.3 Å². The molecule has 0 bridgehead atoms. The van der Waals surface area contributed by atoms with E-state index in [0.29, 0.717) is 16.1 Å². The second-order valence-electron chi connectivity index (χ2n) is 6.96. The fourth-order valence-corrected chi connectivity index (χ4v) is 3.95. The third kappa shape index (κ3) is 7.32. The van der Waals surface area contributed by atoms with E-state index in [-0.39, 0.29) is 18.2 Å². The second kappa shape index (κ2) is 9.78. The van der Waals surface area contributed by atoms with E-state index in [1.807, 2.05) is 32.0 Å². The number of carbonyl (C=O) groups is 1. The first-order chi connectivity index (χ1) is 14.3. The number of amides is 1. The van der Waals surface area contributed by atoms with Crippen LogP contribution in [-0.2, 0) is 21.0 Å². The smallest absolute Gasteiger partial charge is 0.416 e. The summed E-state index contributed by atoms with van der Waals surface area (Å²) in [4.78, 5) is 12.2. The minimum atomic E-state index is -4.70. The highest BCUT2D eigenvalue weighted by molar-refractivity contribution is 7.92. The molecule has 2 aromatic carbocycles. The van der Waals surface area contributed by atoms with Crippen molar-refractivity contribution in [2.75, 3.05) is 30.3 Å². The maximum absolute atomic E-state index is 13.0. The van der Waals surface area contributed by atoms with Crippen molar-refractivity contribution < 1.29 is 31.1 Å². The molecule has 0 aromatic heterocycles. The molecule has 2 aromatic rings. The van der Waals surface area contributed by atoms with Crippen LogP contribution in [0, 0.1) is 13.8 Å². The summed E-state index contributed by atoms with van der Waals surface area (Å²) >= 11 is 5.93. The lowest BCUT2D eigenvalue weighted by Crippen LogP contribution is -2.41. The van der Waals surface area contributed by atoms with Crippen molar-refractivity contribution in [1.82, 2.24) is 5.32 Å². The van der Waals surface area contributed by atoms with Crippen molar-refractivity contribution in [3.63, 3.8) is 0 Å². The van der Waals surface area contributed by atoms with Crippen LogP contribution in [0.25, 0.3) is 0 Å². The first-order valence-electron chi connectivity index (χ1n) is 9.09. The molecule has 2 rings (SSSR count). The van der Waals surface area contributed by atoms with E-state index >= 15 is 0 Å². The summed E-state index contributed by atoms with van der Waals surface area (Å²) in [5, 5.41) is 2.25. The lowest BCUT2D eigenvalue weighted by atomic mass is 10.1. The van der Waals surface area contributed by atoms with Crippen LogP contribution >= 0.6 is 11.6 Å². The zero-order chi connectivity index (χ0) is 23.4. The second-order valence-corrected chi connectivity index (χ2v) is 9.27. The molecule has 0 unspecified atom stereocenters. The normalized spacial score (nSPS) is 11.8. The van der Waals surface area contributed by atoms with Crippen LogP contribution in [0.5, 0.6) is 5.75 Å². The van der Waals surface area contributed by atoms with E-state index in [1.54, 1.807) is 0 Å². The molecule has 6 nitrogen and oxygen atoms in total. The summed E-state index contributed by atoms with van der Waals surface area (Å²) in [6, 6.07) is 7.91. The van der Waals surface area contributed by atoms with Crippen LogP contribution in [-0.4, -0.2) is 40.3 Å². The number of halogens is 4. The molecule has 0 spiro atoms. The lowest BCUT2D eigenvalue weighted by Gasteiger charge is -2.24. The van der Waals surface area contributed by atoms with Crippen molar-refractivity contribution >= 4 is 33.2 Å². The summed E-state index contributed by atoms with van der Waals surface area (Å²) < 4.78 is 69.4. The Hall–Kier alpha value is -2.46. The van der Waals surface area contributed by atoms with Crippen LogP contribution in [0.1, 0.15) is 16.7 Å². The van der Waals surface area contributed by atoms with Gasteiger partial charge in [-0.25, -0.2) is 8.42 Å². The first kappa shape index (κ1) is 24.8. The van der Waals surface area contributed by atoms with Gasteiger partial charge in [-0.3, -0.25) is 9.10 Å². The summed E-state index contributed by atoms with van der Waals surface area (Å²) in [5.74, 6) is -0.0943. The van der Waals surface area contributed by atoms with Crippen LogP contribution in [0.15, 0.2) is 36.4 Å². The fourth-order valence-electron chi connectivity index (χ4n) is 2.82. The Morgan fingerprint density at radius 1 is 1.13 bits per heavy atom. The predicted octanol–water partition coefficient (Wildman–Crippen LogP) is 3.94. The Labute approximate surface area is 184 Å². The van der Waals surface area contributed by atoms with E-state index in [4.69, 9.17) is 16.3 Å². The van der Waals surface area contributed by atoms with E-state index in [0.717, 1.165) is 29.5 Å². The van der Waals surface area contributed by atoms with Gasteiger partial charge in [-0.15, -0.1) is 0 Å². The maximum atomic E-state index is 13.0. The van der Waals surface area contributed by atoms with E-state index in [9.17, 15) is 26.4 Å². The van der Waals surface area contributed by atoms with Gasteiger partial charge in [0.25, 0.3) is 0 Å². The lowest BCUT2D eigenvalue weighted by molar-refractivity contribution is -0.137. The molecule has 0 aliphatic rings. The Kier molecular flexibility index (Phi) is 7.82. The molecule has 1 N–H and O–H groups in total. The third-order valence-electron chi connectivity index (χ3n) is 4.12. The molecule has 0 atom stereocenters. The average molecular weight is 479 g/mol. The summed E-state index contributed by atoms with van der Waals surface area (Å²) in [6.45, 7) is 3.29. The predicted molar refractivity (Wildman–Crippen MR) is 113 cm³/mol. The standard InChI is InChI=1S/C20H22ClF3N2O4S/c1-13-8-14(2)10-16(9-13)30-7-6-25-19(27)12-26(31(3,28)29)18-11-15(20(22,23)24)4-5-17(18)21/h4-5,8-11H,6-7,12H2,1-3H3,(H,25,27). The largest absolute Gasteiger partial charge is 0.492 e. The highest BCUT2D eigenvalue weighted by atomic mass is 35.5. The van der Waals surface area contributed by atoms with Crippen molar-refractivity contribution in [3.05, 3.63) is 58.1 Å². The molecule has 170 valence electrons. The molecule has 0 fully saturated rings. The maximum Gasteiger partial charge on any atom is 0.416 e. The van der Waals surface area contributed by atoms with Gasteiger partial charge in [0.1, 0.15) is 18.9 Å². The number of nitrogens with zero attached hydrogens (tertiary/aromatic N) is 1. The summed E-state index contributed by atoms with van der Waals surface area (Å²) in [6.07, 6.45) is -3.92. The molecule has 0 saturated heterocycles. The van der Waals surface area contributed by atoms with Gasteiger partial charge in [0.15, 0.2) is 0 Å². The highest BCUT2D eigenvalue weighted by Crippen LogP contribution is 2.36. The number of sulfonamides is 1. The number of anilines is 1. The Bertz CT molecular complexity index is 1040. The molecular weight excluding hydrogens is 457 g/mol. The molecule has 0 aliphatic carbocycles.